The molecule has 1 amide bonds. The summed E-state index contributed by atoms with van der Waals surface area (Å²) in [5, 5.41) is 0. The second-order valence-corrected chi connectivity index (χ2v) is 6.21. The number of hydrogen-bond acceptors (Lipinski definition) is 2. The smallest absolute Gasteiger partial charge is 0.238 e. The minimum Gasteiger partial charge on any atom is -0.339 e. The van der Waals surface area contributed by atoms with Gasteiger partial charge in [0, 0.05) is 24.8 Å². The molecule has 15 heavy (non-hydrogen) atoms. The number of halogens is 2. The highest BCUT2D eigenvalue weighted by Gasteiger charge is 2.39. The lowest BCUT2D eigenvalue weighted by molar-refractivity contribution is -0.132. The van der Waals surface area contributed by atoms with Crippen molar-refractivity contribution in [1.29, 1.82) is 0 Å². The molecule has 1 unspecified atom stereocenters. The zero-order valence-electron chi connectivity index (χ0n) is 8.97. The fourth-order valence-corrected chi connectivity index (χ4v) is 3.49. The van der Waals surface area contributed by atoms with Crippen molar-refractivity contribution in [2.45, 2.75) is 24.5 Å². The fourth-order valence-electron chi connectivity index (χ4n) is 1.80. The maximum atomic E-state index is 12.2. The van der Waals surface area contributed by atoms with Crippen LogP contribution in [0.15, 0.2) is 0 Å². The Morgan fingerprint density at radius 3 is 2.40 bits per heavy atom. The van der Waals surface area contributed by atoms with Crippen LogP contribution in [0.2, 0.25) is 0 Å². The van der Waals surface area contributed by atoms with E-state index in [1.54, 1.807) is 16.7 Å². The molecule has 0 radical (unpaired) electrons. The van der Waals surface area contributed by atoms with E-state index in [2.05, 4.69) is 0 Å². The molecule has 0 aromatic heterocycles. The average molecular weight is 270 g/mol. The van der Waals surface area contributed by atoms with Crippen molar-refractivity contribution >= 4 is 40.9 Å². The highest BCUT2D eigenvalue weighted by atomic mass is 35.5. The maximum Gasteiger partial charge on any atom is 0.238 e. The first-order valence-electron chi connectivity index (χ1n) is 5.19. The summed E-state index contributed by atoms with van der Waals surface area (Å²) >= 11 is 13.1. The number of hydrogen-bond donors (Lipinski definition) is 0. The molecular weight excluding hydrogens is 253 g/mol. The third-order valence-corrected chi connectivity index (χ3v) is 4.51. The van der Waals surface area contributed by atoms with Crippen molar-refractivity contribution in [1.82, 2.24) is 4.90 Å². The predicted molar refractivity (Wildman–Crippen MR) is 68.1 cm³/mol. The summed E-state index contributed by atoms with van der Waals surface area (Å²) in [5.74, 6) is 2.23. The third-order valence-electron chi connectivity index (χ3n) is 2.67. The largest absolute Gasteiger partial charge is 0.339 e. The van der Waals surface area contributed by atoms with E-state index in [4.69, 9.17) is 23.2 Å². The lowest BCUT2D eigenvalue weighted by atomic mass is 10.0. The number of alkyl halides is 2. The summed E-state index contributed by atoms with van der Waals surface area (Å²) < 4.78 is -0.238. The highest BCUT2D eigenvalue weighted by Crippen LogP contribution is 2.39. The van der Waals surface area contributed by atoms with Crippen LogP contribution in [-0.2, 0) is 4.79 Å². The standard InChI is InChI=1S/C10H17Cl2NOS/c1-10(3-2-8-15-10)9(14)13(6-4-11)7-5-12/h2-8H2,1H3. The van der Waals surface area contributed by atoms with Crippen LogP contribution in [0.3, 0.4) is 0 Å². The molecule has 1 aliphatic rings. The molecule has 0 aromatic carbocycles. The minimum atomic E-state index is -0.238. The van der Waals surface area contributed by atoms with E-state index in [0.717, 1.165) is 18.6 Å². The molecule has 0 N–H and O–H groups in total. The van der Waals surface area contributed by atoms with E-state index in [-0.39, 0.29) is 10.7 Å². The van der Waals surface area contributed by atoms with Gasteiger partial charge in [-0.2, -0.15) is 0 Å². The summed E-state index contributed by atoms with van der Waals surface area (Å²) in [6.07, 6.45) is 2.10. The number of thioether (sulfide) groups is 1. The van der Waals surface area contributed by atoms with Gasteiger partial charge in [0.05, 0.1) is 4.75 Å². The van der Waals surface area contributed by atoms with Gasteiger partial charge >= 0.3 is 0 Å². The van der Waals surface area contributed by atoms with E-state index in [0.29, 0.717) is 24.8 Å². The molecule has 1 atom stereocenters. The van der Waals surface area contributed by atoms with Crippen LogP contribution in [0, 0.1) is 0 Å². The second kappa shape index (κ2) is 6.21. The van der Waals surface area contributed by atoms with Gasteiger partial charge in [0.2, 0.25) is 5.91 Å². The Morgan fingerprint density at radius 2 is 2.00 bits per heavy atom. The molecule has 1 heterocycles. The molecule has 2 nitrogen and oxygen atoms in total. The van der Waals surface area contributed by atoms with Crippen LogP contribution in [0.4, 0.5) is 0 Å². The highest BCUT2D eigenvalue weighted by molar-refractivity contribution is 8.01. The lowest BCUT2D eigenvalue weighted by Gasteiger charge is -2.30. The number of carbonyl (C=O) groups excluding carboxylic acids is 1. The molecule has 5 heteroatoms. The molecule has 0 saturated carbocycles. The molecule has 0 aromatic rings. The zero-order valence-corrected chi connectivity index (χ0v) is 11.3. The van der Waals surface area contributed by atoms with Gasteiger partial charge in [0.1, 0.15) is 0 Å². The van der Waals surface area contributed by atoms with Crippen LogP contribution in [0.5, 0.6) is 0 Å². The van der Waals surface area contributed by atoms with Gasteiger partial charge in [0.25, 0.3) is 0 Å². The van der Waals surface area contributed by atoms with E-state index in [1.807, 2.05) is 6.92 Å². The van der Waals surface area contributed by atoms with Gasteiger partial charge in [-0.15, -0.1) is 35.0 Å². The fraction of sp³-hybridized carbons (Fsp3) is 0.900. The Bertz CT molecular complexity index is 213. The van der Waals surface area contributed by atoms with Crippen molar-refractivity contribution in [2.24, 2.45) is 0 Å². The predicted octanol–water partition coefficient (Wildman–Crippen LogP) is 2.58. The third kappa shape index (κ3) is 3.43. The van der Waals surface area contributed by atoms with Gasteiger partial charge in [-0.05, 0) is 25.5 Å². The van der Waals surface area contributed by atoms with Crippen LogP contribution in [-0.4, -0.2) is 46.2 Å². The van der Waals surface area contributed by atoms with Crippen molar-refractivity contribution < 1.29 is 4.79 Å². The number of rotatable bonds is 5. The number of nitrogens with zero attached hydrogens (tertiary/aromatic N) is 1. The van der Waals surface area contributed by atoms with Gasteiger partial charge < -0.3 is 4.90 Å². The van der Waals surface area contributed by atoms with E-state index < -0.39 is 0 Å². The van der Waals surface area contributed by atoms with Crippen molar-refractivity contribution in [2.75, 3.05) is 30.6 Å². The molecule has 1 aliphatic heterocycles. The Kier molecular flexibility index (Phi) is 5.58. The molecule has 0 spiro atoms. The Labute approximate surface area is 106 Å². The minimum absolute atomic E-state index is 0.200. The van der Waals surface area contributed by atoms with E-state index >= 15 is 0 Å². The van der Waals surface area contributed by atoms with Crippen LogP contribution in [0.25, 0.3) is 0 Å². The SMILES string of the molecule is CC1(C(=O)N(CCCl)CCCl)CCCS1. The van der Waals surface area contributed by atoms with E-state index in [1.165, 1.54) is 0 Å². The summed E-state index contributed by atoms with van der Waals surface area (Å²) in [5.41, 5.74) is 0. The summed E-state index contributed by atoms with van der Waals surface area (Å²) in [6, 6.07) is 0. The molecule has 0 aliphatic carbocycles. The van der Waals surface area contributed by atoms with Gasteiger partial charge in [0.15, 0.2) is 0 Å². The summed E-state index contributed by atoms with van der Waals surface area (Å²) in [6.45, 7) is 3.23. The van der Waals surface area contributed by atoms with Crippen molar-refractivity contribution in [3.8, 4) is 0 Å². The van der Waals surface area contributed by atoms with Gasteiger partial charge in [-0.3, -0.25) is 4.79 Å². The average Bonchev–Trinajstić information content (AvgIpc) is 2.65. The molecule has 88 valence electrons. The number of amides is 1. The topological polar surface area (TPSA) is 20.3 Å². The van der Waals surface area contributed by atoms with Crippen molar-refractivity contribution in [3.05, 3.63) is 0 Å². The Balaban J connectivity index is 2.61. The lowest BCUT2D eigenvalue weighted by Crippen LogP contribution is -2.45. The molecule has 1 saturated heterocycles. The maximum absolute atomic E-state index is 12.2. The Hall–Kier alpha value is 0.400. The molecule has 1 fully saturated rings. The first kappa shape index (κ1) is 13.5. The molecule has 1 rings (SSSR count). The summed E-state index contributed by atoms with van der Waals surface area (Å²) in [7, 11) is 0. The monoisotopic (exact) mass is 269 g/mol. The quantitative estimate of drug-likeness (QED) is 0.716. The van der Waals surface area contributed by atoms with Crippen LogP contribution in [0.1, 0.15) is 19.8 Å². The van der Waals surface area contributed by atoms with Crippen LogP contribution >= 0.6 is 35.0 Å². The zero-order chi connectivity index (χ0) is 11.3. The first-order valence-corrected chi connectivity index (χ1v) is 7.25. The summed E-state index contributed by atoms with van der Waals surface area (Å²) in [4.78, 5) is 14.0. The Morgan fingerprint density at radius 1 is 1.40 bits per heavy atom. The normalized spacial score (nSPS) is 25.5. The molecule has 0 bridgehead atoms. The number of carbonyl (C=O) groups is 1. The molecular formula is C10H17Cl2NOS. The van der Waals surface area contributed by atoms with Crippen LogP contribution < -0.4 is 0 Å². The van der Waals surface area contributed by atoms with Gasteiger partial charge in [-0.25, -0.2) is 0 Å². The van der Waals surface area contributed by atoms with Crippen molar-refractivity contribution in [3.63, 3.8) is 0 Å². The van der Waals surface area contributed by atoms with E-state index in [9.17, 15) is 4.79 Å². The first-order chi connectivity index (χ1) is 7.14. The van der Waals surface area contributed by atoms with Gasteiger partial charge in [-0.1, -0.05) is 0 Å². The second-order valence-electron chi connectivity index (χ2n) is 3.85.